The van der Waals surface area contributed by atoms with Gasteiger partial charge in [-0.25, -0.2) is 0 Å². The minimum Gasteiger partial charge on any atom is -0.319 e. The van der Waals surface area contributed by atoms with Gasteiger partial charge in [-0.2, -0.15) is 0 Å². The van der Waals surface area contributed by atoms with Crippen LogP contribution in [0.25, 0.3) is 0 Å². The van der Waals surface area contributed by atoms with Gasteiger partial charge in [0.2, 0.25) is 0 Å². The van der Waals surface area contributed by atoms with Gasteiger partial charge in [0.15, 0.2) is 0 Å². The fraction of sp³-hybridized carbons (Fsp3) is 0.571. The normalized spacial score (nSPS) is 13.1. The van der Waals surface area contributed by atoms with E-state index >= 15 is 0 Å². The molecule has 0 saturated carbocycles. The van der Waals surface area contributed by atoms with E-state index in [1.165, 1.54) is 11.1 Å². The number of hydrogen-bond donors (Lipinski definition) is 1. The SMILES string of the molecule is CNCC(Cc1ccc(C)cc1Cl)C(C)C. The van der Waals surface area contributed by atoms with Crippen LogP contribution in [0.15, 0.2) is 18.2 Å². The summed E-state index contributed by atoms with van der Waals surface area (Å²) < 4.78 is 0. The van der Waals surface area contributed by atoms with Crippen LogP contribution in [0.4, 0.5) is 0 Å². The zero-order chi connectivity index (χ0) is 12.1. The Morgan fingerprint density at radius 2 is 2.00 bits per heavy atom. The summed E-state index contributed by atoms with van der Waals surface area (Å²) in [6.07, 6.45) is 1.05. The molecule has 1 aromatic carbocycles. The fourth-order valence-corrected chi connectivity index (χ4v) is 2.22. The van der Waals surface area contributed by atoms with Crippen LogP contribution in [0.1, 0.15) is 25.0 Å². The van der Waals surface area contributed by atoms with Gasteiger partial charge in [0.1, 0.15) is 0 Å². The quantitative estimate of drug-likeness (QED) is 0.827. The summed E-state index contributed by atoms with van der Waals surface area (Å²) in [5, 5.41) is 4.16. The molecule has 0 aliphatic heterocycles. The molecule has 1 N–H and O–H groups in total. The third-order valence-corrected chi connectivity index (χ3v) is 3.45. The highest BCUT2D eigenvalue weighted by Gasteiger charge is 2.14. The summed E-state index contributed by atoms with van der Waals surface area (Å²) >= 11 is 6.26. The lowest BCUT2D eigenvalue weighted by molar-refractivity contribution is 0.370. The van der Waals surface area contributed by atoms with E-state index in [4.69, 9.17) is 11.6 Å². The van der Waals surface area contributed by atoms with E-state index < -0.39 is 0 Å². The summed E-state index contributed by atoms with van der Waals surface area (Å²) in [6, 6.07) is 6.34. The first-order valence-corrected chi connectivity index (χ1v) is 6.32. The predicted octanol–water partition coefficient (Wildman–Crippen LogP) is 3.68. The average Bonchev–Trinajstić information content (AvgIpc) is 2.20. The first-order valence-electron chi connectivity index (χ1n) is 5.94. The molecule has 1 rings (SSSR count). The molecule has 0 bridgehead atoms. The maximum absolute atomic E-state index is 6.26. The third kappa shape index (κ3) is 3.80. The topological polar surface area (TPSA) is 12.0 Å². The summed E-state index contributed by atoms with van der Waals surface area (Å²) in [4.78, 5) is 0. The fourth-order valence-electron chi connectivity index (χ4n) is 1.91. The van der Waals surface area contributed by atoms with Crippen molar-refractivity contribution in [3.05, 3.63) is 34.3 Å². The first kappa shape index (κ1) is 13.5. The van der Waals surface area contributed by atoms with Crippen LogP contribution in [0, 0.1) is 18.8 Å². The van der Waals surface area contributed by atoms with Crippen LogP contribution in [-0.4, -0.2) is 13.6 Å². The van der Waals surface area contributed by atoms with Crippen molar-refractivity contribution in [3.8, 4) is 0 Å². The van der Waals surface area contributed by atoms with Crippen LogP contribution in [0.3, 0.4) is 0 Å². The Balaban J connectivity index is 2.77. The minimum absolute atomic E-state index is 0.644. The molecule has 0 saturated heterocycles. The predicted molar refractivity (Wildman–Crippen MR) is 72.1 cm³/mol. The van der Waals surface area contributed by atoms with Crippen molar-refractivity contribution in [2.75, 3.05) is 13.6 Å². The molecule has 2 heteroatoms. The van der Waals surface area contributed by atoms with Crippen LogP contribution in [-0.2, 0) is 6.42 Å². The van der Waals surface area contributed by atoms with E-state index in [1.807, 2.05) is 13.1 Å². The molecule has 16 heavy (non-hydrogen) atoms. The van der Waals surface area contributed by atoms with Crippen LogP contribution >= 0.6 is 11.6 Å². The van der Waals surface area contributed by atoms with Gasteiger partial charge in [-0.3, -0.25) is 0 Å². The number of hydrogen-bond acceptors (Lipinski definition) is 1. The van der Waals surface area contributed by atoms with E-state index in [0.717, 1.165) is 18.0 Å². The van der Waals surface area contributed by atoms with Crippen molar-refractivity contribution < 1.29 is 0 Å². The Morgan fingerprint density at radius 1 is 1.31 bits per heavy atom. The number of rotatable bonds is 5. The monoisotopic (exact) mass is 239 g/mol. The van der Waals surface area contributed by atoms with Crippen molar-refractivity contribution in [2.24, 2.45) is 11.8 Å². The Morgan fingerprint density at radius 3 is 2.50 bits per heavy atom. The average molecular weight is 240 g/mol. The molecule has 1 aromatic rings. The molecule has 0 aliphatic rings. The second kappa shape index (κ2) is 6.27. The molecule has 0 aromatic heterocycles. The van der Waals surface area contributed by atoms with Crippen molar-refractivity contribution >= 4 is 11.6 Å². The standard InChI is InChI=1S/C14H22ClN/c1-10(2)13(9-16-4)8-12-6-5-11(3)7-14(12)15/h5-7,10,13,16H,8-9H2,1-4H3. The Bertz CT molecular complexity index is 334. The highest BCUT2D eigenvalue weighted by molar-refractivity contribution is 6.31. The highest BCUT2D eigenvalue weighted by atomic mass is 35.5. The molecule has 0 spiro atoms. The van der Waals surface area contributed by atoms with Crippen molar-refractivity contribution in [2.45, 2.75) is 27.2 Å². The van der Waals surface area contributed by atoms with Gasteiger partial charge in [0.25, 0.3) is 0 Å². The number of aryl methyl sites for hydroxylation is 1. The summed E-state index contributed by atoms with van der Waals surface area (Å²) in [6.45, 7) is 7.65. The molecule has 1 atom stereocenters. The molecule has 0 fully saturated rings. The minimum atomic E-state index is 0.644. The van der Waals surface area contributed by atoms with E-state index in [0.29, 0.717) is 11.8 Å². The zero-order valence-electron chi connectivity index (χ0n) is 10.7. The second-order valence-electron chi connectivity index (χ2n) is 4.86. The van der Waals surface area contributed by atoms with Gasteiger partial charge in [-0.15, -0.1) is 0 Å². The van der Waals surface area contributed by atoms with Crippen LogP contribution in [0.5, 0.6) is 0 Å². The third-order valence-electron chi connectivity index (χ3n) is 3.10. The number of halogens is 1. The van der Waals surface area contributed by atoms with E-state index in [1.54, 1.807) is 0 Å². The molecule has 1 unspecified atom stereocenters. The van der Waals surface area contributed by atoms with Crippen molar-refractivity contribution in [1.29, 1.82) is 0 Å². The van der Waals surface area contributed by atoms with Crippen LogP contribution < -0.4 is 5.32 Å². The van der Waals surface area contributed by atoms with Crippen molar-refractivity contribution in [3.63, 3.8) is 0 Å². The number of benzene rings is 1. The van der Waals surface area contributed by atoms with E-state index in [9.17, 15) is 0 Å². The Hall–Kier alpha value is -0.530. The highest BCUT2D eigenvalue weighted by Crippen LogP contribution is 2.23. The molecule has 0 radical (unpaired) electrons. The largest absolute Gasteiger partial charge is 0.319 e. The molecule has 0 heterocycles. The summed E-state index contributed by atoms with van der Waals surface area (Å²) in [5.74, 6) is 1.31. The zero-order valence-corrected chi connectivity index (χ0v) is 11.4. The Labute approximate surface area is 104 Å². The molecule has 0 amide bonds. The smallest absolute Gasteiger partial charge is 0.0440 e. The lowest BCUT2D eigenvalue weighted by Crippen LogP contribution is -2.25. The second-order valence-corrected chi connectivity index (χ2v) is 5.27. The van der Waals surface area contributed by atoms with E-state index in [-0.39, 0.29) is 0 Å². The van der Waals surface area contributed by atoms with Gasteiger partial charge in [-0.1, -0.05) is 37.6 Å². The summed E-state index contributed by atoms with van der Waals surface area (Å²) in [7, 11) is 2.01. The molecule has 90 valence electrons. The maximum atomic E-state index is 6.26. The van der Waals surface area contributed by atoms with E-state index in [2.05, 4.69) is 38.2 Å². The van der Waals surface area contributed by atoms with Crippen LogP contribution in [0.2, 0.25) is 5.02 Å². The molecular formula is C14H22ClN. The van der Waals surface area contributed by atoms with Gasteiger partial charge in [-0.05, 0) is 56.0 Å². The van der Waals surface area contributed by atoms with Gasteiger partial charge in [0, 0.05) is 5.02 Å². The van der Waals surface area contributed by atoms with Gasteiger partial charge < -0.3 is 5.32 Å². The van der Waals surface area contributed by atoms with Gasteiger partial charge >= 0.3 is 0 Å². The molecule has 0 aliphatic carbocycles. The molecule has 1 nitrogen and oxygen atoms in total. The van der Waals surface area contributed by atoms with Gasteiger partial charge in [0.05, 0.1) is 0 Å². The molecular weight excluding hydrogens is 218 g/mol. The number of nitrogens with one attached hydrogen (secondary N) is 1. The first-order chi connectivity index (χ1) is 7.54. The summed E-state index contributed by atoms with van der Waals surface area (Å²) in [5.41, 5.74) is 2.49. The lowest BCUT2D eigenvalue weighted by Gasteiger charge is -2.21. The van der Waals surface area contributed by atoms with Crippen molar-refractivity contribution in [1.82, 2.24) is 5.32 Å². The Kier molecular flexibility index (Phi) is 5.30. The maximum Gasteiger partial charge on any atom is 0.0440 e. The lowest BCUT2D eigenvalue weighted by atomic mass is 9.89.